The van der Waals surface area contributed by atoms with Gasteiger partial charge in [0.15, 0.2) is 6.67 Å². The molecule has 0 bridgehead atoms. The molecular weight excluding hydrogens is 100 g/mol. The van der Waals surface area contributed by atoms with Crippen molar-refractivity contribution in [2.45, 2.75) is 0 Å². The first kappa shape index (κ1) is 3.76. The SMILES string of the molecule is [S-][N+]1=NNNC1. The van der Waals surface area contributed by atoms with Gasteiger partial charge in [-0.15, -0.1) is 11.0 Å². The molecule has 0 saturated heterocycles. The van der Waals surface area contributed by atoms with E-state index in [-0.39, 0.29) is 0 Å². The molecule has 0 aromatic heterocycles. The number of nitrogens with zero attached hydrogens (tertiary/aromatic N) is 2. The van der Waals surface area contributed by atoms with E-state index in [1.807, 2.05) is 0 Å². The van der Waals surface area contributed by atoms with E-state index in [9.17, 15) is 0 Å². The largest absolute Gasteiger partial charge is 0.532 e. The first-order chi connectivity index (χ1) is 2.89. The van der Waals surface area contributed by atoms with Gasteiger partial charge >= 0.3 is 0 Å². The summed E-state index contributed by atoms with van der Waals surface area (Å²) in [5.74, 6) is 0. The summed E-state index contributed by atoms with van der Waals surface area (Å²) in [6, 6.07) is 0. The third kappa shape index (κ3) is 0.550. The molecule has 0 fully saturated rings. The zero-order valence-electron chi connectivity index (χ0n) is 3.01. The molecule has 1 rings (SSSR count). The summed E-state index contributed by atoms with van der Waals surface area (Å²) in [5, 5.41) is 3.52. The van der Waals surface area contributed by atoms with Crippen molar-refractivity contribution in [2.75, 3.05) is 6.67 Å². The van der Waals surface area contributed by atoms with Gasteiger partial charge in [0, 0.05) is 0 Å². The molecule has 0 atom stereocenters. The van der Waals surface area contributed by atoms with Crippen molar-refractivity contribution < 1.29 is 4.10 Å². The second kappa shape index (κ2) is 1.36. The van der Waals surface area contributed by atoms with E-state index in [2.05, 4.69) is 29.0 Å². The molecule has 1 aliphatic heterocycles. The fourth-order valence-electron chi connectivity index (χ4n) is 0.229. The van der Waals surface area contributed by atoms with Gasteiger partial charge in [0.2, 0.25) is 0 Å². The van der Waals surface area contributed by atoms with Crippen LogP contribution in [0.2, 0.25) is 0 Å². The molecule has 0 aliphatic carbocycles. The molecular formula is CH4N4S. The summed E-state index contributed by atoms with van der Waals surface area (Å²) in [6.45, 7) is 0.606. The predicted molar refractivity (Wildman–Crippen MR) is 21.2 cm³/mol. The molecule has 2 N–H and O–H groups in total. The van der Waals surface area contributed by atoms with E-state index in [0.717, 1.165) is 0 Å². The fourth-order valence-corrected chi connectivity index (χ4v) is 0.335. The van der Waals surface area contributed by atoms with Gasteiger partial charge < -0.3 is 12.8 Å². The first-order valence-corrected chi connectivity index (χ1v) is 1.89. The summed E-state index contributed by atoms with van der Waals surface area (Å²) >= 11 is 4.54. The zero-order valence-corrected chi connectivity index (χ0v) is 3.83. The molecule has 0 spiro atoms. The Hall–Kier alpha value is -0.420. The van der Waals surface area contributed by atoms with Crippen molar-refractivity contribution in [3.8, 4) is 0 Å². The molecule has 0 unspecified atom stereocenters. The van der Waals surface area contributed by atoms with Crippen LogP contribution in [0.4, 0.5) is 0 Å². The summed E-state index contributed by atoms with van der Waals surface area (Å²) < 4.78 is 1.35. The Kier molecular flexibility index (Phi) is 0.849. The lowest BCUT2D eigenvalue weighted by Crippen LogP contribution is -2.21. The quantitative estimate of drug-likeness (QED) is 0.302. The van der Waals surface area contributed by atoms with E-state index in [0.29, 0.717) is 6.67 Å². The lowest BCUT2D eigenvalue weighted by atomic mass is 11.2. The standard InChI is InChI=1S/CH4N4S/c6-5-1-2-3-4-5/h2-3H,1H2. The maximum atomic E-state index is 4.54. The topological polar surface area (TPSA) is 39.4 Å². The summed E-state index contributed by atoms with van der Waals surface area (Å²) in [4.78, 5) is 0. The number of hydrogen-bond donors (Lipinski definition) is 2. The van der Waals surface area contributed by atoms with E-state index in [1.165, 1.54) is 4.10 Å². The summed E-state index contributed by atoms with van der Waals surface area (Å²) in [7, 11) is 0. The fraction of sp³-hybridized carbons (Fsp3) is 1.00. The minimum atomic E-state index is 0.606. The lowest BCUT2D eigenvalue weighted by molar-refractivity contribution is -0.411. The molecule has 0 aromatic rings. The molecule has 34 valence electrons. The minimum absolute atomic E-state index is 0.606. The molecule has 0 aromatic carbocycles. The Labute approximate surface area is 40.7 Å². The highest BCUT2D eigenvalue weighted by atomic mass is 32.1. The van der Waals surface area contributed by atoms with Crippen LogP contribution in [0.3, 0.4) is 0 Å². The van der Waals surface area contributed by atoms with Crippen LogP contribution in [-0.4, -0.2) is 10.8 Å². The van der Waals surface area contributed by atoms with Crippen LogP contribution in [-0.2, 0) is 12.8 Å². The average molecular weight is 104 g/mol. The Morgan fingerprint density at radius 3 is 2.83 bits per heavy atom. The van der Waals surface area contributed by atoms with Crippen molar-refractivity contribution >= 4 is 12.8 Å². The normalized spacial score (nSPS) is 19.7. The van der Waals surface area contributed by atoms with Crippen molar-refractivity contribution in [3.05, 3.63) is 0 Å². The van der Waals surface area contributed by atoms with Gasteiger partial charge in [-0.25, -0.2) is 0 Å². The average Bonchev–Trinajstić information content (AvgIpc) is 1.86. The van der Waals surface area contributed by atoms with Crippen LogP contribution < -0.4 is 11.0 Å². The van der Waals surface area contributed by atoms with E-state index in [1.54, 1.807) is 0 Å². The monoisotopic (exact) mass is 104 g/mol. The molecule has 0 saturated carbocycles. The molecule has 1 aliphatic rings. The van der Waals surface area contributed by atoms with Crippen molar-refractivity contribution in [1.82, 2.24) is 11.0 Å². The van der Waals surface area contributed by atoms with Crippen molar-refractivity contribution in [2.24, 2.45) is 5.22 Å². The van der Waals surface area contributed by atoms with Crippen LogP contribution in [0.1, 0.15) is 0 Å². The summed E-state index contributed by atoms with van der Waals surface area (Å²) in [5.41, 5.74) is 5.15. The molecule has 6 heavy (non-hydrogen) atoms. The third-order valence-corrected chi connectivity index (χ3v) is 0.666. The van der Waals surface area contributed by atoms with E-state index >= 15 is 0 Å². The number of hydrazine groups is 1. The van der Waals surface area contributed by atoms with Gasteiger partial charge in [0.1, 0.15) is 0 Å². The number of rotatable bonds is 0. The Balaban J connectivity index is 2.45. The second-order valence-corrected chi connectivity index (χ2v) is 1.32. The van der Waals surface area contributed by atoms with E-state index < -0.39 is 0 Å². The van der Waals surface area contributed by atoms with Crippen LogP contribution in [0.5, 0.6) is 0 Å². The summed E-state index contributed by atoms with van der Waals surface area (Å²) in [6.07, 6.45) is 0. The molecule has 0 amide bonds. The van der Waals surface area contributed by atoms with Crippen molar-refractivity contribution in [3.63, 3.8) is 0 Å². The maximum Gasteiger partial charge on any atom is 0.175 e. The van der Waals surface area contributed by atoms with Gasteiger partial charge in [0.05, 0.1) is 5.22 Å². The van der Waals surface area contributed by atoms with Crippen LogP contribution >= 0.6 is 0 Å². The zero-order chi connectivity index (χ0) is 4.41. The number of nitrogens with one attached hydrogen (secondary N) is 2. The first-order valence-electron chi connectivity index (χ1n) is 1.53. The molecule has 4 nitrogen and oxygen atoms in total. The highest BCUT2D eigenvalue weighted by Crippen LogP contribution is 1.70. The highest BCUT2D eigenvalue weighted by molar-refractivity contribution is 7.51. The molecule has 5 heteroatoms. The van der Waals surface area contributed by atoms with Crippen LogP contribution in [0.25, 0.3) is 0 Å². The van der Waals surface area contributed by atoms with Gasteiger partial charge in [-0.05, 0) is 0 Å². The lowest BCUT2D eigenvalue weighted by Gasteiger charge is -1.90. The third-order valence-electron chi connectivity index (χ3n) is 0.455. The second-order valence-electron chi connectivity index (χ2n) is 0.899. The smallest absolute Gasteiger partial charge is 0.175 e. The highest BCUT2D eigenvalue weighted by Gasteiger charge is 1.94. The molecule has 0 radical (unpaired) electrons. The van der Waals surface area contributed by atoms with E-state index in [4.69, 9.17) is 0 Å². The Morgan fingerprint density at radius 1 is 1.83 bits per heavy atom. The predicted octanol–water partition coefficient (Wildman–Crippen LogP) is -1.11. The van der Waals surface area contributed by atoms with Gasteiger partial charge in [-0.2, -0.15) is 0 Å². The Morgan fingerprint density at radius 2 is 2.67 bits per heavy atom. The minimum Gasteiger partial charge on any atom is -0.532 e. The number of hydrogen-bond acceptors (Lipinski definition) is 4. The maximum absolute atomic E-state index is 4.54. The van der Waals surface area contributed by atoms with Gasteiger partial charge in [0.25, 0.3) is 0 Å². The van der Waals surface area contributed by atoms with Gasteiger partial charge in [-0.3, -0.25) is 4.10 Å². The van der Waals surface area contributed by atoms with Crippen LogP contribution in [0, 0.1) is 0 Å². The Bertz CT molecular complexity index is 77.6. The van der Waals surface area contributed by atoms with Crippen molar-refractivity contribution in [1.29, 1.82) is 0 Å². The molecule has 1 heterocycles. The van der Waals surface area contributed by atoms with Gasteiger partial charge in [-0.1, -0.05) is 0 Å². The van der Waals surface area contributed by atoms with Crippen LogP contribution in [0.15, 0.2) is 5.22 Å².